The molecule has 25 heavy (non-hydrogen) atoms. The van der Waals surface area contributed by atoms with E-state index in [4.69, 9.17) is 10.2 Å². The number of piperidine rings is 1. The van der Waals surface area contributed by atoms with Crippen LogP contribution in [0, 0.1) is 5.92 Å². The van der Waals surface area contributed by atoms with Crippen molar-refractivity contribution in [1.29, 1.82) is 0 Å². The number of furan rings is 1. The number of primary amides is 1. The predicted molar refractivity (Wildman–Crippen MR) is 94.0 cm³/mol. The van der Waals surface area contributed by atoms with E-state index in [1.54, 1.807) is 10.9 Å². The number of hydrogen-bond donors (Lipinski definition) is 1. The maximum atomic E-state index is 11.4. The monoisotopic (exact) mass is 368 g/mol. The Morgan fingerprint density at radius 1 is 1.44 bits per heavy atom. The molecule has 1 aliphatic heterocycles. The van der Waals surface area contributed by atoms with Gasteiger partial charge in [0, 0.05) is 5.92 Å². The summed E-state index contributed by atoms with van der Waals surface area (Å²) in [6, 6.07) is 3.92. The first-order valence-electron chi connectivity index (χ1n) is 8.50. The summed E-state index contributed by atoms with van der Waals surface area (Å²) >= 11 is 0. The second-order valence-electron chi connectivity index (χ2n) is 6.29. The van der Waals surface area contributed by atoms with E-state index in [9.17, 15) is 4.79 Å². The summed E-state index contributed by atoms with van der Waals surface area (Å²) in [6.07, 6.45) is 5.26. The maximum Gasteiger partial charge on any atom is 0.220 e. The van der Waals surface area contributed by atoms with Crippen LogP contribution in [0.15, 0.2) is 22.8 Å². The van der Waals surface area contributed by atoms with Gasteiger partial charge < -0.3 is 10.2 Å². The van der Waals surface area contributed by atoms with E-state index in [-0.39, 0.29) is 30.3 Å². The average Bonchev–Trinajstić information content (AvgIpc) is 3.25. The van der Waals surface area contributed by atoms with Crippen molar-refractivity contribution < 1.29 is 9.21 Å². The molecule has 2 N–H and O–H groups in total. The Balaban J connectivity index is 0.00000225. The Morgan fingerprint density at radius 2 is 2.20 bits per heavy atom. The number of amides is 1. The van der Waals surface area contributed by atoms with E-state index in [1.807, 2.05) is 12.1 Å². The number of rotatable bonds is 7. The van der Waals surface area contributed by atoms with Gasteiger partial charge in [0.25, 0.3) is 0 Å². The van der Waals surface area contributed by atoms with Crippen molar-refractivity contribution >= 4 is 18.3 Å². The van der Waals surface area contributed by atoms with Crippen LogP contribution in [-0.2, 0) is 11.3 Å². The fourth-order valence-corrected chi connectivity index (χ4v) is 3.36. The van der Waals surface area contributed by atoms with Crippen LogP contribution in [0.5, 0.6) is 0 Å². The molecule has 3 heterocycles. The topological polar surface area (TPSA) is 103 Å². The second kappa shape index (κ2) is 8.96. The van der Waals surface area contributed by atoms with Crippen LogP contribution in [0.3, 0.4) is 0 Å². The Labute approximate surface area is 153 Å². The number of likely N-dealkylation sites (tertiary alicyclic amines) is 1. The molecular weight excluding hydrogens is 344 g/mol. The molecule has 2 aromatic heterocycles. The normalized spacial score (nSPS) is 17.2. The van der Waals surface area contributed by atoms with Crippen LogP contribution in [0.25, 0.3) is 0 Å². The third kappa shape index (κ3) is 4.58. The Bertz CT molecular complexity index is 651. The molecule has 0 saturated carbocycles. The summed E-state index contributed by atoms with van der Waals surface area (Å²) in [6.45, 7) is 4.36. The van der Waals surface area contributed by atoms with E-state index in [0.29, 0.717) is 6.54 Å². The zero-order chi connectivity index (χ0) is 16.9. The molecule has 0 bridgehead atoms. The molecule has 1 unspecified atom stereocenters. The van der Waals surface area contributed by atoms with Crippen LogP contribution in [0.1, 0.15) is 50.2 Å². The SMILES string of the molecule is CCCC(c1nnnn1Cc1ccco1)N1CCC(C(N)=O)CC1.Cl. The van der Waals surface area contributed by atoms with Gasteiger partial charge in [-0.1, -0.05) is 13.3 Å². The molecule has 0 radical (unpaired) electrons. The molecule has 1 saturated heterocycles. The molecule has 0 aromatic carbocycles. The highest BCUT2D eigenvalue weighted by Crippen LogP contribution is 2.29. The van der Waals surface area contributed by atoms with E-state index >= 15 is 0 Å². The average molecular weight is 369 g/mol. The van der Waals surface area contributed by atoms with Crippen molar-refractivity contribution in [2.45, 2.75) is 45.2 Å². The number of carbonyl (C=O) groups is 1. The van der Waals surface area contributed by atoms with Crippen LogP contribution in [0.4, 0.5) is 0 Å². The number of nitrogens with two attached hydrogens (primary N) is 1. The third-order valence-electron chi connectivity index (χ3n) is 4.68. The number of halogens is 1. The number of hydrogen-bond acceptors (Lipinski definition) is 6. The molecular formula is C16H25ClN6O2. The van der Waals surface area contributed by atoms with Gasteiger partial charge in [0.05, 0.1) is 12.3 Å². The van der Waals surface area contributed by atoms with Crippen molar-refractivity contribution in [2.24, 2.45) is 11.7 Å². The molecule has 8 nitrogen and oxygen atoms in total. The van der Waals surface area contributed by atoms with Crippen LogP contribution < -0.4 is 5.73 Å². The summed E-state index contributed by atoms with van der Waals surface area (Å²) in [5.41, 5.74) is 5.44. The minimum absolute atomic E-state index is 0. The van der Waals surface area contributed by atoms with E-state index < -0.39 is 0 Å². The number of carbonyl (C=O) groups excluding carboxylic acids is 1. The first-order valence-corrected chi connectivity index (χ1v) is 8.50. The molecule has 1 atom stereocenters. The van der Waals surface area contributed by atoms with E-state index in [0.717, 1.165) is 50.4 Å². The first-order chi connectivity index (χ1) is 11.7. The van der Waals surface area contributed by atoms with E-state index in [2.05, 4.69) is 27.3 Å². The highest BCUT2D eigenvalue weighted by molar-refractivity contribution is 5.85. The van der Waals surface area contributed by atoms with Gasteiger partial charge >= 0.3 is 0 Å². The molecule has 0 spiro atoms. The quantitative estimate of drug-likeness (QED) is 0.798. The lowest BCUT2D eigenvalue weighted by Gasteiger charge is -2.36. The van der Waals surface area contributed by atoms with Crippen molar-refractivity contribution in [3.8, 4) is 0 Å². The lowest BCUT2D eigenvalue weighted by atomic mass is 9.94. The Kier molecular flexibility index (Phi) is 6.95. The van der Waals surface area contributed by atoms with Crippen molar-refractivity contribution in [2.75, 3.05) is 13.1 Å². The maximum absolute atomic E-state index is 11.4. The molecule has 1 aliphatic rings. The van der Waals surface area contributed by atoms with Crippen molar-refractivity contribution in [3.05, 3.63) is 30.0 Å². The smallest absolute Gasteiger partial charge is 0.220 e. The van der Waals surface area contributed by atoms with Gasteiger partial charge in [0.15, 0.2) is 5.82 Å². The van der Waals surface area contributed by atoms with Gasteiger partial charge in [0.2, 0.25) is 5.91 Å². The zero-order valence-corrected chi connectivity index (χ0v) is 15.2. The zero-order valence-electron chi connectivity index (χ0n) is 14.4. The van der Waals surface area contributed by atoms with Crippen LogP contribution >= 0.6 is 12.4 Å². The number of aromatic nitrogens is 4. The summed E-state index contributed by atoms with van der Waals surface area (Å²) in [5, 5.41) is 12.3. The van der Waals surface area contributed by atoms with Crippen LogP contribution in [-0.4, -0.2) is 44.1 Å². The first kappa shape index (κ1) is 19.4. The molecule has 1 amide bonds. The Morgan fingerprint density at radius 3 is 2.80 bits per heavy atom. The minimum atomic E-state index is -0.190. The lowest BCUT2D eigenvalue weighted by Crippen LogP contribution is -2.41. The van der Waals surface area contributed by atoms with Crippen LogP contribution in [0.2, 0.25) is 0 Å². The fraction of sp³-hybridized carbons (Fsp3) is 0.625. The summed E-state index contributed by atoms with van der Waals surface area (Å²) in [5.74, 6) is 1.48. The molecule has 1 fully saturated rings. The van der Waals surface area contributed by atoms with Gasteiger partial charge in [-0.2, -0.15) is 0 Å². The lowest BCUT2D eigenvalue weighted by molar-refractivity contribution is -0.123. The molecule has 138 valence electrons. The second-order valence-corrected chi connectivity index (χ2v) is 6.29. The Hall–Kier alpha value is -1.93. The summed E-state index contributed by atoms with van der Waals surface area (Å²) < 4.78 is 7.21. The van der Waals surface area contributed by atoms with Gasteiger partial charge in [-0.15, -0.1) is 17.5 Å². The fourth-order valence-electron chi connectivity index (χ4n) is 3.36. The number of nitrogens with zero attached hydrogens (tertiary/aromatic N) is 5. The molecule has 0 aliphatic carbocycles. The minimum Gasteiger partial charge on any atom is -0.467 e. The summed E-state index contributed by atoms with van der Waals surface area (Å²) in [4.78, 5) is 13.7. The third-order valence-corrected chi connectivity index (χ3v) is 4.68. The number of tetrazole rings is 1. The van der Waals surface area contributed by atoms with Gasteiger partial charge in [0.1, 0.15) is 12.3 Å². The van der Waals surface area contributed by atoms with Crippen molar-refractivity contribution in [3.63, 3.8) is 0 Å². The summed E-state index contributed by atoms with van der Waals surface area (Å²) in [7, 11) is 0. The van der Waals surface area contributed by atoms with Gasteiger partial charge in [-0.3, -0.25) is 9.69 Å². The van der Waals surface area contributed by atoms with E-state index in [1.165, 1.54) is 0 Å². The van der Waals surface area contributed by atoms with Gasteiger partial charge in [-0.25, -0.2) is 4.68 Å². The highest BCUT2D eigenvalue weighted by Gasteiger charge is 2.31. The van der Waals surface area contributed by atoms with Crippen molar-refractivity contribution in [1.82, 2.24) is 25.1 Å². The predicted octanol–water partition coefficient (Wildman–Crippen LogP) is 1.77. The largest absolute Gasteiger partial charge is 0.467 e. The van der Waals surface area contributed by atoms with Gasteiger partial charge in [-0.05, 0) is 54.9 Å². The standard InChI is InChI=1S/C16H24N6O2.ClH/c1-2-4-14(21-8-6-12(7-9-21)15(17)23)16-18-19-20-22(16)11-13-5-3-10-24-13;/h3,5,10,12,14H,2,4,6-9,11H2,1H3,(H2,17,23);1H. The molecule has 9 heteroatoms. The highest BCUT2D eigenvalue weighted by atomic mass is 35.5. The molecule has 3 rings (SSSR count). The molecule has 2 aromatic rings.